The van der Waals surface area contributed by atoms with Crippen LogP contribution in [0.15, 0.2) is 61.3 Å². The van der Waals surface area contributed by atoms with E-state index in [9.17, 15) is 0 Å². The van der Waals surface area contributed by atoms with E-state index >= 15 is 0 Å². The van der Waals surface area contributed by atoms with Crippen molar-refractivity contribution in [3.05, 3.63) is 66.9 Å². The average molecular weight is 286 g/mol. The molecule has 3 heterocycles. The van der Waals surface area contributed by atoms with Crippen LogP contribution in [-0.4, -0.2) is 24.1 Å². The van der Waals surface area contributed by atoms with Crippen LogP contribution in [0.2, 0.25) is 0 Å². The van der Waals surface area contributed by atoms with Crippen molar-refractivity contribution in [2.75, 3.05) is 0 Å². The number of imidazole rings is 1. The number of nitriles is 1. The maximum atomic E-state index is 9.12. The van der Waals surface area contributed by atoms with Crippen LogP contribution in [-0.2, 0) is 0 Å². The summed E-state index contributed by atoms with van der Waals surface area (Å²) in [5.41, 5.74) is 2.99. The maximum absolute atomic E-state index is 9.12. The lowest BCUT2D eigenvalue weighted by atomic mass is 10.2. The Balaban J connectivity index is 1.77. The summed E-state index contributed by atoms with van der Waals surface area (Å²) in [5.74, 6) is 0.597. The SMILES string of the molecule is N#Cc1cccn2nc(-c3ccc(-n4ccnc4)cc3)nc12. The molecule has 6 nitrogen and oxygen atoms in total. The molecule has 104 valence electrons. The molecule has 0 saturated carbocycles. The first-order valence-corrected chi connectivity index (χ1v) is 6.69. The first-order valence-electron chi connectivity index (χ1n) is 6.69. The van der Waals surface area contributed by atoms with Crippen molar-refractivity contribution in [1.29, 1.82) is 5.26 Å². The zero-order valence-electron chi connectivity index (χ0n) is 11.5. The van der Waals surface area contributed by atoms with Gasteiger partial charge in [0.25, 0.3) is 0 Å². The molecule has 1 aromatic carbocycles. The van der Waals surface area contributed by atoms with Crippen molar-refractivity contribution in [3.8, 4) is 23.1 Å². The second kappa shape index (κ2) is 4.82. The van der Waals surface area contributed by atoms with E-state index in [4.69, 9.17) is 5.26 Å². The number of fused-ring (bicyclic) bond motifs is 1. The Morgan fingerprint density at radius 3 is 2.64 bits per heavy atom. The third-order valence-electron chi connectivity index (χ3n) is 3.41. The lowest BCUT2D eigenvalue weighted by molar-refractivity contribution is 0.963. The van der Waals surface area contributed by atoms with Gasteiger partial charge in [-0.3, -0.25) is 0 Å². The Morgan fingerprint density at radius 1 is 1.05 bits per heavy atom. The van der Waals surface area contributed by atoms with Crippen LogP contribution in [0.5, 0.6) is 0 Å². The molecule has 0 saturated heterocycles. The van der Waals surface area contributed by atoms with Gasteiger partial charge in [-0.2, -0.15) is 5.26 Å². The van der Waals surface area contributed by atoms with Crippen LogP contribution in [0.25, 0.3) is 22.7 Å². The highest BCUT2D eigenvalue weighted by Gasteiger charge is 2.09. The second-order valence-electron chi connectivity index (χ2n) is 4.75. The lowest BCUT2D eigenvalue weighted by Crippen LogP contribution is -1.90. The quantitative estimate of drug-likeness (QED) is 0.567. The van der Waals surface area contributed by atoms with Crippen LogP contribution in [0.3, 0.4) is 0 Å². The molecule has 0 atom stereocenters. The summed E-state index contributed by atoms with van der Waals surface area (Å²) in [6, 6.07) is 13.5. The van der Waals surface area contributed by atoms with E-state index < -0.39 is 0 Å². The van der Waals surface area contributed by atoms with Gasteiger partial charge in [0.15, 0.2) is 11.5 Å². The standard InChI is InChI=1S/C16H10N6/c17-10-13-2-1-8-22-16(13)19-15(20-22)12-3-5-14(6-4-12)21-9-7-18-11-21/h1-9,11H. The van der Waals surface area contributed by atoms with Crippen molar-refractivity contribution >= 4 is 5.65 Å². The van der Waals surface area contributed by atoms with Crippen molar-refractivity contribution in [2.24, 2.45) is 0 Å². The lowest BCUT2D eigenvalue weighted by Gasteiger charge is -2.02. The van der Waals surface area contributed by atoms with Gasteiger partial charge in [-0.15, -0.1) is 5.10 Å². The number of rotatable bonds is 2. The fraction of sp³-hybridized carbons (Fsp3) is 0. The monoisotopic (exact) mass is 286 g/mol. The molecule has 6 heteroatoms. The third-order valence-corrected chi connectivity index (χ3v) is 3.41. The smallest absolute Gasteiger partial charge is 0.182 e. The molecule has 3 aromatic heterocycles. The summed E-state index contributed by atoms with van der Waals surface area (Å²) < 4.78 is 3.55. The van der Waals surface area contributed by atoms with Gasteiger partial charge in [-0.25, -0.2) is 14.5 Å². The van der Waals surface area contributed by atoms with Crippen LogP contribution in [0.4, 0.5) is 0 Å². The largest absolute Gasteiger partial charge is 0.306 e. The predicted molar refractivity (Wildman–Crippen MR) is 80.3 cm³/mol. The van der Waals surface area contributed by atoms with Gasteiger partial charge in [0.1, 0.15) is 6.07 Å². The maximum Gasteiger partial charge on any atom is 0.182 e. The number of hydrogen-bond acceptors (Lipinski definition) is 4. The minimum absolute atomic E-state index is 0.510. The van der Waals surface area contributed by atoms with E-state index in [-0.39, 0.29) is 0 Å². The third kappa shape index (κ3) is 1.93. The molecule has 0 amide bonds. The van der Waals surface area contributed by atoms with E-state index in [0.29, 0.717) is 17.0 Å². The summed E-state index contributed by atoms with van der Waals surface area (Å²) >= 11 is 0. The molecule has 0 unspecified atom stereocenters. The minimum Gasteiger partial charge on any atom is -0.306 e. The molecule has 0 spiro atoms. The number of aromatic nitrogens is 5. The molecule has 0 radical (unpaired) electrons. The van der Waals surface area contributed by atoms with Crippen LogP contribution < -0.4 is 0 Å². The first-order chi connectivity index (χ1) is 10.8. The van der Waals surface area contributed by atoms with Gasteiger partial charge in [0.05, 0.1) is 11.9 Å². The van der Waals surface area contributed by atoms with E-state index in [1.807, 2.05) is 35.0 Å². The van der Waals surface area contributed by atoms with Crippen molar-refractivity contribution in [1.82, 2.24) is 24.1 Å². The summed E-state index contributed by atoms with van der Waals surface area (Å²) in [5, 5.41) is 13.5. The van der Waals surface area contributed by atoms with Crippen molar-refractivity contribution in [3.63, 3.8) is 0 Å². The Kier molecular flexibility index (Phi) is 2.70. The van der Waals surface area contributed by atoms with Gasteiger partial charge in [0, 0.05) is 29.8 Å². The average Bonchev–Trinajstić information content (AvgIpc) is 3.24. The van der Waals surface area contributed by atoms with E-state index in [0.717, 1.165) is 11.3 Å². The topological polar surface area (TPSA) is 71.8 Å². The van der Waals surface area contributed by atoms with Gasteiger partial charge >= 0.3 is 0 Å². The highest BCUT2D eigenvalue weighted by atomic mass is 15.3. The normalized spacial score (nSPS) is 10.7. The molecule has 0 aliphatic rings. The molecule has 4 aromatic rings. The summed E-state index contributed by atoms with van der Waals surface area (Å²) in [4.78, 5) is 8.49. The Morgan fingerprint density at radius 2 is 1.91 bits per heavy atom. The molecular weight excluding hydrogens is 276 g/mol. The molecule has 0 aliphatic carbocycles. The van der Waals surface area contributed by atoms with Crippen LogP contribution in [0, 0.1) is 11.3 Å². The molecule has 0 N–H and O–H groups in total. The number of nitrogens with zero attached hydrogens (tertiary/aromatic N) is 6. The fourth-order valence-electron chi connectivity index (χ4n) is 2.31. The van der Waals surface area contributed by atoms with Crippen LogP contribution >= 0.6 is 0 Å². The Hall–Kier alpha value is -3.46. The van der Waals surface area contributed by atoms with E-state index in [1.54, 1.807) is 35.4 Å². The van der Waals surface area contributed by atoms with E-state index in [2.05, 4.69) is 21.1 Å². The highest BCUT2D eigenvalue weighted by Crippen LogP contribution is 2.19. The molecule has 4 rings (SSSR count). The summed E-state index contributed by atoms with van der Waals surface area (Å²) in [7, 11) is 0. The molecule has 0 fully saturated rings. The highest BCUT2D eigenvalue weighted by molar-refractivity contribution is 5.63. The van der Waals surface area contributed by atoms with Gasteiger partial charge in [0.2, 0.25) is 0 Å². The first kappa shape index (κ1) is 12.3. The Bertz CT molecular complexity index is 974. The molecular formula is C16H10N6. The minimum atomic E-state index is 0.510. The van der Waals surface area contributed by atoms with Crippen molar-refractivity contribution < 1.29 is 0 Å². The zero-order chi connectivity index (χ0) is 14.9. The van der Waals surface area contributed by atoms with Gasteiger partial charge in [-0.05, 0) is 36.4 Å². The zero-order valence-corrected chi connectivity index (χ0v) is 11.5. The van der Waals surface area contributed by atoms with Gasteiger partial charge in [-0.1, -0.05) is 0 Å². The summed E-state index contributed by atoms with van der Waals surface area (Å²) in [6.45, 7) is 0. The Labute approximate surface area is 125 Å². The van der Waals surface area contributed by atoms with Crippen molar-refractivity contribution in [2.45, 2.75) is 0 Å². The van der Waals surface area contributed by atoms with Gasteiger partial charge < -0.3 is 4.57 Å². The van der Waals surface area contributed by atoms with Crippen LogP contribution in [0.1, 0.15) is 5.56 Å². The molecule has 0 aliphatic heterocycles. The van der Waals surface area contributed by atoms with E-state index in [1.165, 1.54) is 0 Å². The molecule has 22 heavy (non-hydrogen) atoms. The number of benzene rings is 1. The molecule has 0 bridgehead atoms. The fourth-order valence-corrected chi connectivity index (χ4v) is 2.31. The number of hydrogen-bond donors (Lipinski definition) is 0. The second-order valence-corrected chi connectivity index (χ2v) is 4.75. The predicted octanol–water partition coefficient (Wildman–Crippen LogP) is 2.45. The summed E-state index contributed by atoms with van der Waals surface area (Å²) in [6.07, 6.45) is 7.16. The number of pyridine rings is 1.